The molecular weight excluding hydrogens is 188 g/mol. The van der Waals surface area contributed by atoms with Gasteiger partial charge >= 0.3 is 0 Å². The van der Waals surface area contributed by atoms with E-state index >= 15 is 0 Å². The Morgan fingerprint density at radius 1 is 1.43 bits per heavy atom. The molecule has 14 heavy (non-hydrogen) atoms. The van der Waals surface area contributed by atoms with Crippen LogP contribution in [0.15, 0.2) is 12.1 Å². The summed E-state index contributed by atoms with van der Waals surface area (Å²) in [5, 5.41) is 0. The maximum Gasteiger partial charge on any atom is 0.265 e. The number of rotatable bonds is 2. The Morgan fingerprint density at radius 3 is 2.43 bits per heavy atom. The van der Waals surface area contributed by atoms with E-state index < -0.39 is 6.43 Å². The highest BCUT2D eigenvalue weighted by Gasteiger charge is 2.14. The van der Waals surface area contributed by atoms with Crippen molar-refractivity contribution in [3.8, 4) is 0 Å². The number of benzene rings is 1. The molecule has 0 aromatic heterocycles. The van der Waals surface area contributed by atoms with Crippen molar-refractivity contribution < 1.29 is 13.6 Å². The zero-order valence-corrected chi connectivity index (χ0v) is 7.97. The number of nitrogen functional groups attached to an aromatic ring is 1. The average Bonchev–Trinajstić information content (AvgIpc) is 2.07. The van der Waals surface area contributed by atoms with Gasteiger partial charge in [-0.2, -0.15) is 0 Å². The Balaban J connectivity index is 3.31. The molecule has 0 aliphatic rings. The molecule has 0 unspecified atom stereocenters. The van der Waals surface area contributed by atoms with Crippen LogP contribution in [0.4, 0.5) is 14.5 Å². The summed E-state index contributed by atoms with van der Waals surface area (Å²) in [7, 11) is 0. The lowest BCUT2D eigenvalue weighted by atomic mass is 10.0. The summed E-state index contributed by atoms with van der Waals surface area (Å²) >= 11 is 0. The molecule has 0 bridgehead atoms. The highest BCUT2D eigenvalue weighted by atomic mass is 19.3. The number of hydrogen-bond acceptors (Lipinski definition) is 2. The Kier molecular flexibility index (Phi) is 2.84. The second-order valence-electron chi connectivity index (χ2n) is 3.15. The molecule has 1 aromatic carbocycles. The van der Waals surface area contributed by atoms with Crippen LogP contribution in [0.2, 0.25) is 0 Å². The third-order valence-corrected chi connectivity index (χ3v) is 2.04. The van der Waals surface area contributed by atoms with E-state index in [4.69, 9.17) is 5.73 Å². The van der Waals surface area contributed by atoms with Crippen LogP contribution in [0.5, 0.6) is 0 Å². The Morgan fingerprint density at radius 2 is 2.00 bits per heavy atom. The monoisotopic (exact) mass is 199 g/mol. The van der Waals surface area contributed by atoms with Crippen molar-refractivity contribution in [3.05, 3.63) is 28.8 Å². The van der Waals surface area contributed by atoms with Gasteiger partial charge in [-0.25, -0.2) is 8.78 Å². The topological polar surface area (TPSA) is 43.1 Å². The molecule has 0 aliphatic heterocycles. The second kappa shape index (κ2) is 3.74. The molecule has 0 fully saturated rings. The van der Waals surface area contributed by atoms with Gasteiger partial charge in [0, 0.05) is 16.8 Å². The summed E-state index contributed by atoms with van der Waals surface area (Å²) < 4.78 is 24.8. The number of Topliss-reactive ketones (excluding diaryl/α,β-unsaturated/α-hetero) is 1. The van der Waals surface area contributed by atoms with Crippen molar-refractivity contribution in [1.82, 2.24) is 0 Å². The van der Waals surface area contributed by atoms with E-state index in [1.54, 1.807) is 6.92 Å². The summed E-state index contributed by atoms with van der Waals surface area (Å²) in [6, 6.07) is 2.57. The molecule has 1 aromatic rings. The molecule has 76 valence electrons. The van der Waals surface area contributed by atoms with Crippen LogP contribution in [0.25, 0.3) is 0 Å². The first kappa shape index (κ1) is 10.6. The lowest BCUT2D eigenvalue weighted by Gasteiger charge is -2.09. The fraction of sp³-hybridized carbons (Fsp3) is 0.300. The molecule has 0 saturated heterocycles. The molecule has 2 N–H and O–H groups in total. The molecular formula is C10H11F2NO. The number of ketones is 1. The van der Waals surface area contributed by atoms with Crippen molar-refractivity contribution in [2.75, 3.05) is 5.73 Å². The maximum atomic E-state index is 12.4. The SMILES string of the molecule is CC(=O)c1cc(N)c(C(F)F)cc1C. The van der Waals surface area contributed by atoms with Crippen molar-refractivity contribution in [1.29, 1.82) is 0 Å². The van der Waals surface area contributed by atoms with E-state index in [-0.39, 0.29) is 17.0 Å². The van der Waals surface area contributed by atoms with Crippen molar-refractivity contribution in [2.24, 2.45) is 0 Å². The lowest BCUT2D eigenvalue weighted by Crippen LogP contribution is -2.02. The van der Waals surface area contributed by atoms with Gasteiger partial charge in [-0.3, -0.25) is 4.79 Å². The summed E-state index contributed by atoms with van der Waals surface area (Å²) in [6.45, 7) is 2.99. The largest absolute Gasteiger partial charge is 0.398 e. The van der Waals surface area contributed by atoms with Gasteiger partial charge in [-0.15, -0.1) is 0 Å². The molecule has 0 saturated carbocycles. The van der Waals surface area contributed by atoms with E-state index in [0.717, 1.165) is 0 Å². The fourth-order valence-corrected chi connectivity index (χ4v) is 1.32. The third-order valence-electron chi connectivity index (χ3n) is 2.04. The number of hydrogen-bond donors (Lipinski definition) is 1. The number of anilines is 1. The number of carbonyl (C=O) groups is 1. The van der Waals surface area contributed by atoms with Crippen LogP contribution in [0, 0.1) is 6.92 Å². The molecule has 0 spiro atoms. The first-order valence-electron chi connectivity index (χ1n) is 4.12. The predicted molar refractivity (Wildman–Crippen MR) is 50.6 cm³/mol. The minimum atomic E-state index is -2.60. The number of halogens is 2. The number of alkyl halides is 2. The molecule has 0 heterocycles. The first-order chi connectivity index (χ1) is 6.43. The van der Waals surface area contributed by atoms with E-state index in [9.17, 15) is 13.6 Å². The van der Waals surface area contributed by atoms with Crippen LogP contribution in [0.1, 0.15) is 34.8 Å². The third kappa shape index (κ3) is 1.89. The number of nitrogens with two attached hydrogens (primary N) is 1. The molecule has 0 atom stereocenters. The standard InChI is InChI=1S/C10H11F2NO/c1-5-3-8(10(11)12)9(13)4-7(5)6(2)14/h3-4,10H,13H2,1-2H3. The molecule has 0 amide bonds. The van der Waals surface area contributed by atoms with Crippen LogP contribution < -0.4 is 5.73 Å². The van der Waals surface area contributed by atoms with Crippen LogP contribution in [-0.2, 0) is 0 Å². The Bertz CT molecular complexity index is 375. The van der Waals surface area contributed by atoms with E-state index in [2.05, 4.69) is 0 Å². The van der Waals surface area contributed by atoms with Gasteiger partial charge in [-0.1, -0.05) is 0 Å². The minimum Gasteiger partial charge on any atom is -0.398 e. The molecule has 4 heteroatoms. The molecule has 1 rings (SSSR count). The van der Waals surface area contributed by atoms with Gasteiger partial charge in [0.05, 0.1) is 0 Å². The van der Waals surface area contributed by atoms with Gasteiger partial charge in [-0.05, 0) is 31.5 Å². The molecule has 0 aliphatic carbocycles. The van der Waals surface area contributed by atoms with Crippen molar-refractivity contribution in [2.45, 2.75) is 20.3 Å². The summed E-state index contributed by atoms with van der Waals surface area (Å²) in [4.78, 5) is 11.1. The smallest absolute Gasteiger partial charge is 0.265 e. The average molecular weight is 199 g/mol. The summed E-state index contributed by atoms with van der Waals surface area (Å²) in [6.07, 6.45) is -2.60. The minimum absolute atomic E-state index is 0.0317. The van der Waals surface area contributed by atoms with E-state index in [1.807, 2.05) is 0 Å². The summed E-state index contributed by atoms with van der Waals surface area (Å²) in [5.41, 5.74) is 6.07. The van der Waals surface area contributed by atoms with Gasteiger partial charge in [0.1, 0.15) is 0 Å². The van der Waals surface area contributed by atoms with Crippen LogP contribution >= 0.6 is 0 Å². The molecule has 0 radical (unpaired) electrons. The number of aryl methyl sites for hydroxylation is 1. The van der Waals surface area contributed by atoms with Gasteiger partial charge in [0.15, 0.2) is 5.78 Å². The van der Waals surface area contributed by atoms with Crippen LogP contribution in [-0.4, -0.2) is 5.78 Å². The van der Waals surface area contributed by atoms with Gasteiger partial charge < -0.3 is 5.73 Å². The highest BCUT2D eigenvalue weighted by Crippen LogP contribution is 2.27. The zero-order valence-electron chi connectivity index (χ0n) is 7.97. The highest BCUT2D eigenvalue weighted by molar-refractivity contribution is 5.96. The second-order valence-corrected chi connectivity index (χ2v) is 3.15. The quantitative estimate of drug-likeness (QED) is 0.587. The molecule has 2 nitrogen and oxygen atoms in total. The predicted octanol–water partition coefficient (Wildman–Crippen LogP) is 2.72. The van der Waals surface area contributed by atoms with Crippen molar-refractivity contribution in [3.63, 3.8) is 0 Å². The van der Waals surface area contributed by atoms with E-state index in [0.29, 0.717) is 11.1 Å². The van der Waals surface area contributed by atoms with E-state index in [1.165, 1.54) is 19.1 Å². The van der Waals surface area contributed by atoms with Gasteiger partial charge in [0.2, 0.25) is 0 Å². The van der Waals surface area contributed by atoms with Gasteiger partial charge in [0.25, 0.3) is 6.43 Å². The normalized spacial score (nSPS) is 10.6. The maximum absolute atomic E-state index is 12.4. The Hall–Kier alpha value is -1.45. The van der Waals surface area contributed by atoms with Crippen LogP contribution in [0.3, 0.4) is 0 Å². The lowest BCUT2D eigenvalue weighted by molar-refractivity contribution is 0.101. The number of carbonyl (C=O) groups excluding carboxylic acids is 1. The summed E-state index contributed by atoms with van der Waals surface area (Å²) in [5.74, 6) is -0.171. The Labute approximate surface area is 80.7 Å². The van der Waals surface area contributed by atoms with Crippen molar-refractivity contribution >= 4 is 11.5 Å². The zero-order chi connectivity index (χ0) is 10.9. The fourth-order valence-electron chi connectivity index (χ4n) is 1.32. The first-order valence-corrected chi connectivity index (χ1v) is 4.12.